The molecule has 0 bridgehead atoms. The maximum Gasteiger partial charge on any atom is 0.419 e. The Morgan fingerprint density at radius 3 is 2.50 bits per heavy atom. The molecule has 0 aliphatic carbocycles. The fourth-order valence-corrected chi connectivity index (χ4v) is 1.22. The molecule has 18 heavy (non-hydrogen) atoms. The lowest BCUT2D eigenvalue weighted by Gasteiger charge is -2.10. The zero-order chi connectivity index (χ0) is 13.9. The third kappa shape index (κ3) is 3.58. The zero-order valence-corrected chi connectivity index (χ0v) is 9.57. The number of amides is 1. The van der Waals surface area contributed by atoms with E-state index in [0.717, 1.165) is 6.07 Å². The number of benzene rings is 1. The van der Waals surface area contributed by atoms with E-state index in [4.69, 9.17) is 0 Å². The van der Waals surface area contributed by atoms with Gasteiger partial charge in [0.25, 0.3) is 5.91 Å². The monoisotopic (exact) mass is 261 g/mol. The summed E-state index contributed by atoms with van der Waals surface area (Å²) in [7, 11) is 0. The number of hydrogen-bond donors (Lipinski definition) is 1. The number of hydrogen-bond acceptors (Lipinski definition) is 1. The first-order valence-electron chi connectivity index (χ1n) is 5.01. The molecule has 0 aromatic heterocycles. The molecule has 1 aromatic rings. The van der Waals surface area contributed by atoms with Gasteiger partial charge < -0.3 is 5.32 Å². The van der Waals surface area contributed by atoms with Crippen LogP contribution in [-0.4, -0.2) is 12.5 Å². The molecular weight excluding hydrogens is 250 g/mol. The first kappa shape index (κ1) is 14.2. The molecule has 6 heteroatoms. The van der Waals surface area contributed by atoms with Crippen molar-refractivity contribution in [2.45, 2.75) is 13.1 Å². The van der Waals surface area contributed by atoms with Gasteiger partial charge in [0.2, 0.25) is 0 Å². The second-order valence-electron chi connectivity index (χ2n) is 3.83. The number of carbonyl (C=O) groups is 1. The number of nitrogens with one attached hydrogen (secondary N) is 1. The van der Waals surface area contributed by atoms with Gasteiger partial charge in [0.15, 0.2) is 0 Å². The minimum Gasteiger partial charge on any atom is -0.348 e. The van der Waals surface area contributed by atoms with E-state index in [0.29, 0.717) is 17.7 Å². The van der Waals surface area contributed by atoms with Crippen LogP contribution >= 0.6 is 0 Å². The number of alkyl halides is 3. The van der Waals surface area contributed by atoms with Crippen LogP contribution in [0.3, 0.4) is 0 Å². The Balaban J connectivity index is 2.98. The van der Waals surface area contributed by atoms with Gasteiger partial charge in [0, 0.05) is 12.1 Å². The molecule has 0 atom stereocenters. The third-order valence-corrected chi connectivity index (χ3v) is 2.08. The van der Waals surface area contributed by atoms with E-state index in [-0.39, 0.29) is 12.1 Å². The predicted octanol–water partition coefficient (Wildman–Crippen LogP) is 3.15. The van der Waals surface area contributed by atoms with Crippen LogP contribution in [0.1, 0.15) is 22.8 Å². The first-order valence-corrected chi connectivity index (χ1v) is 5.01. The molecule has 1 N–H and O–H groups in total. The first-order chi connectivity index (χ1) is 8.21. The molecule has 1 rings (SSSR count). The largest absolute Gasteiger partial charge is 0.419 e. The van der Waals surface area contributed by atoms with Gasteiger partial charge in [0.05, 0.1) is 5.56 Å². The fourth-order valence-electron chi connectivity index (χ4n) is 1.22. The summed E-state index contributed by atoms with van der Waals surface area (Å²) >= 11 is 0. The van der Waals surface area contributed by atoms with Crippen molar-refractivity contribution in [3.05, 3.63) is 47.3 Å². The summed E-state index contributed by atoms with van der Waals surface area (Å²) in [5, 5.41) is 2.37. The predicted molar refractivity (Wildman–Crippen MR) is 58.5 cm³/mol. The highest BCUT2D eigenvalue weighted by Crippen LogP contribution is 2.31. The lowest BCUT2D eigenvalue weighted by atomic mass is 10.1. The van der Waals surface area contributed by atoms with E-state index in [9.17, 15) is 22.4 Å². The van der Waals surface area contributed by atoms with Crippen LogP contribution < -0.4 is 5.32 Å². The molecule has 1 amide bonds. The molecule has 0 aliphatic heterocycles. The Morgan fingerprint density at radius 2 is 2.00 bits per heavy atom. The Morgan fingerprint density at radius 1 is 1.39 bits per heavy atom. The highest BCUT2D eigenvalue weighted by Gasteiger charge is 2.34. The summed E-state index contributed by atoms with van der Waals surface area (Å²) in [6.45, 7) is 5.35. The van der Waals surface area contributed by atoms with Crippen LogP contribution in [0.4, 0.5) is 17.6 Å². The quantitative estimate of drug-likeness (QED) is 0.657. The van der Waals surface area contributed by atoms with E-state index in [2.05, 4.69) is 11.9 Å². The lowest BCUT2D eigenvalue weighted by Crippen LogP contribution is -2.25. The van der Waals surface area contributed by atoms with Gasteiger partial charge in [-0.25, -0.2) is 4.39 Å². The molecule has 98 valence electrons. The van der Waals surface area contributed by atoms with E-state index in [1.807, 2.05) is 0 Å². The molecule has 0 spiro atoms. The normalized spacial score (nSPS) is 11.2. The van der Waals surface area contributed by atoms with E-state index >= 15 is 0 Å². The number of rotatable bonds is 3. The van der Waals surface area contributed by atoms with Crippen molar-refractivity contribution in [1.82, 2.24) is 5.32 Å². The van der Waals surface area contributed by atoms with Gasteiger partial charge >= 0.3 is 6.18 Å². The molecule has 0 saturated carbocycles. The van der Waals surface area contributed by atoms with Crippen LogP contribution in [0.2, 0.25) is 0 Å². The average Bonchev–Trinajstić information content (AvgIpc) is 2.24. The van der Waals surface area contributed by atoms with Crippen LogP contribution in [-0.2, 0) is 6.18 Å². The van der Waals surface area contributed by atoms with Crippen LogP contribution in [0, 0.1) is 5.82 Å². The van der Waals surface area contributed by atoms with E-state index < -0.39 is 23.5 Å². The van der Waals surface area contributed by atoms with Gasteiger partial charge in [-0.15, -0.1) is 0 Å². The van der Waals surface area contributed by atoms with E-state index in [1.165, 1.54) is 0 Å². The molecule has 0 unspecified atom stereocenters. The fraction of sp³-hybridized carbons (Fsp3) is 0.250. The molecule has 0 saturated heterocycles. The summed E-state index contributed by atoms with van der Waals surface area (Å²) in [5.74, 6) is -2.11. The molecule has 0 fully saturated rings. The van der Waals surface area contributed by atoms with Crippen molar-refractivity contribution in [3.63, 3.8) is 0 Å². The van der Waals surface area contributed by atoms with Gasteiger partial charge in [-0.2, -0.15) is 13.2 Å². The van der Waals surface area contributed by atoms with Crippen molar-refractivity contribution >= 4 is 5.91 Å². The third-order valence-electron chi connectivity index (χ3n) is 2.08. The summed E-state index contributed by atoms with van der Waals surface area (Å²) in [6.07, 6.45) is -4.82. The smallest absolute Gasteiger partial charge is 0.348 e. The van der Waals surface area contributed by atoms with Crippen LogP contribution in [0.15, 0.2) is 30.4 Å². The molecule has 2 nitrogen and oxygen atoms in total. The van der Waals surface area contributed by atoms with Crippen molar-refractivity contribution < 1.29 is 22.4 Å². The standard InChI is InChI=1S/C12H11F4NO/c1-7(2)6-17-11(18)8-3-4-10(13)9(5-8)12(14,15)16/h3-5H,1,6H2,2H3,(H,17,18). The Labute approximate surface area is 101 Å². The van der Waals surface area contributed by atoms with Crippen molar-refractivity contribution in [3.8, 4) is 0 Å². The van der Waals surface area contributed by atoms with Crippen LogP contribution in [0.5, 0.6) is 0 Å². The van der Waals surface area contributed by atoms with E-state index in [1.54, 1.807) is 6.92 Å². The second kappa shape index (κ2) is 5.20. The minimum absolute atomic E-state index is 0.150. The van der Waals surface area contributed by atoms with Gasteiger partial charge in [-0.1, -0.05) is 12.2 Å². The Kier molecular flexibility index (Phi) is 4.11. The number of halogens is 4. The lowest BCUT2D eigenvalue weighted by molar-refractivity contribution is -0.140. The van der Waals surface area contributed by atoms with Gasteiger partial charge in [-0.05, 0) is 25.1 Å². The molecule has 0 aliphatic rings. The minimum atomic E-state index is -4.82. The Bertz CT molecular complexity index is 479. The average molecular weight is 261 g/mol. The topological polar surface area (TPSA) is 29.1 Å². The highest BCUT2D eigenvalue weighted by molar-refractivity contribution is 5.94. The Hall–Kier alpha value is -1.85. The molecule has 0 radical (unpaired) electrons. The summed E-state index contributed by atoms with van der Waals surface area (Å²) in [4.78, 5) is 11.5. The van der Waals surface area contributed by atoms with Crippen molar-refractivity contribution in [1.29, 1.82) is 0 Å². The van der Waals surface area contributed by atoms with Gasteiger partial charge in [-0.3, -0.25) is 4.79 Å². The summed E-state index contributed by atoms with van der Waals surface area (Å²) in [5.41, 5.74) is -1.04. The van der Waals surface area contributed by atoms with Gasteiger partial charge in [0.1, 0.15) is 5.82 Å². The number of carbonyl (C=O) groups excluding carboxylic acids is 1. The summed E-state index contributed by atoms with van der Waals surface area (Å²) in [6, 6.07) is 2.11. The van der Waals surface area contributed by atoms with Crippen molar-refractivity contribution in [2.24, 2.45) is 0 Å². The maximum absolute atomic E-state index is 13.0. The van der Waals surface area contributed by atoms with Crippen LogP contribution in [0.25, 0.3) is 0 Å². The molecule has 0 heterocycles. The van der Waals surface area contributed by atoms with Crippen molar-refractivity contribution in [2.75, 3.05) is 6.54 Å². The highest BCUT2D eigenvalue weighted by atomic mass is 19.4. The zero-order valence-electron chi connectivity index (χ0n) is 9.57. The second-order valence-corrected chi connectivity index (χ2v) is 3.83. The molecular formula is C12H11F4NO. The maximum atomic E-state index is 13.0. The summed E-state index contributed by atoms with van der Waals surface area (Å²) < 4.78 is 50.2. The SMILES string of the molecule is C=C(C)CNC(=O)c1ccc(F)c(C(F)(F)F)c1. The molecule has 1 aromatic carbocycles.